The first kappa shape index (κ1) is 36.5. The SMILES string of the molecule is CC(=O)N(C(=O)[C@@H](C)N)c1ccc(-c2ccc(CNC(=O)OCC3=C(C(=O)O)N4C(=O)C(NC(=O)C(N)c5ccccc5)[C@@H]4SC3)c(=O)[nH]2)cc1. The number of pyridine rings is 1. The maximum Gasteiger partial charge on any atom is 0.407 e. The molecule has 51 heavy (non-hydrogen) atoms. The van der Waals surface area contributed by atoms with Gasteiger partial charge < -0.3 is 36.9 Å². The number of fused-ring (bicyclic) bond motifs is 1. The fraction of sp³-hybridized carbons (Fsp3) is 0.265. The second-order valence-electron chi connectivity index (χ2n) is 11.7. The van der Waals surface area contributed by atoms with Crippen LogP contribution in [-0.2, 0) is 35.3 Å². The Balaban J connectivity index is 1.16. The molecule has 2 aliphatic rings. The Labute approximate surface area is 295 Å². The molecule has 0 spiro atoms. The van der Waals surface area contributed by atoms with Gasteiger partial charge in [-0.25, -0.2) is 14.5 Å². The number of rotatable bonds is 11. The van der Waals surface area contributed by atoms with Crippen molar-refractivity contribution < 1.29 is 38.6 Å². The molecule has 3 heterocycles. The summed E-state index contributed by atoms with van der Waals surface area (Å²) in [7, 11) is 0. The fourth-order valence-electron chi connectivity index (χ4n) is 5.49. The van der Waals surface area contributed by atoms with Crippen LogP contribution in [0.4, 0.5) is 10.5 Å². The summed E-state index contributed by atoms with van der Waals surface area (Å²) in [6.07, 6.45) is -0.926. The van der Waals surface area contributed by atoms with Gasteiger partial charge in [-0.2, -0.15) is 0 Å². The van der Waals surface area contributed by atoms with Gasteiger partial charge in [0.05, 0.1) is 18.3 Å². The van der Waals surface area contributed by atoms with Crippen LogP contribution in [0, 0.1) is 0 Å². The minimum absolute atomic E-state index is 0.109. The van der Waals surface area contributed by atoms with Gasteiger partial charge >= 0.3 is 12.1 Å². The van der Waals surface area contributed by atoms with Crippen molar-refractivity contribution in [2.75, 3.05) is 17.3 Å². The minimum Gasteiger partial charge on any atom is -0.477 e. The Morgan fingerprint density at radius 2 is 1.73 bits per heavy atom. The highest BCUT2D eigenvalue weighted by atomic mass is 32.2. The van der Waals surface area contributed by atoms with Crippen LogP contribution in [0.15, 0.2) is 82.8 Å². The Bertz CT molecular complexity index is 1960. The van der Waals surface area contributed by atoms with Gasteiger partial charge in [0.2, 0.25) is 17.7 Å². The standard InChI is InChI=1S/C34H35N7O9S/c1-17(35)30(45)40(18(2)42)23-11-8-19(9-12-23)24-13-10-21(28(43)38-24)14-37-34(49)50-15-22-16-51-32-26(31(46)41(32)27(22)33(47)48)39-29(44)25(36)20-6-4-3-5-7-20/h3-13,17,25-26,32H,14-16,35-36H2,1-2H3,(H,37,49)(H,38,43)(H,39,44)(H,47,48)/t17-,25?,26?,32+/m1/s1. The summed E-state index contributed by atoms with van der Waals surface area (Å²) in [6, 6.07) is 15.2. The van der Waals surface area contributed by atoms with Gasteiger partial charge in [0.1, 0.15) is 29.8 Å². The number of benzene rings is 2. The van der Waals surface area contributed by atoms with E-state index in [1.807, 2.05) is 0 Å². The second kappa shape index (κ2) is 15.4. The van der Waals surface area contributed by atoms with E-state index in [1.165, 1.54) is 31.7 Å². The molecule has 0 aliphatic carbocycles. The van der Waals surface area contributed by atoms with Gasteiger partial charge in [-0.15, -0.1) is 11.8 Å². The van der Waals surface area contributed by atoms with Crippen LogP contribution in [0.25, 0.3) is 11.3 Å². The molecule has 1 fully saturated rings. The molecular weight excluding hydrogens is 682 g/mol. The van der Waals surface area contributed by atoms with Gasteiger partial charge in [0.25, 0.3) is 11.5 Å². The number of carbonyl (C=O) groups is 6. The number of alkyl carbamates (subject to hydrolysis) is 1. The van der Waals surface area contributed by atoms with Crippen molar-refractivity contribution in [2.24, 2.45) is 11.5 Å². The van der Waals surface area contributed by atoms with E-state index in [9.17, 15) is 38.7 Å². The normalized spacial score (nSPS) is 17.7. The van der Waals surface area contributed by atoms with Crippen LogP contribution in [0.2, 0.25) is 0 Å². The van der Waals surface area contributed by atoms with Crippen LogP contribution in [0.3, 0.4) is 0 Å². The summed E-state index contributed by atoms with van der Waals surface area (Å²) in [5, 5.41) is 14.3. The predicted octanol–water partition coefficient (Wildman–Crippen LogP) is 0.933. The summed E-state index contributed by atoms with van der Waals surface area (Å²) >= 11 is 1.21. The lowest BCUT2D eigenvalue weighted by Gasteiger charge is -2.49. The Kier molecular flexibility index (Phi) is 11.0. The van der Waals surface area contributed by atoms with Gasteiger partial charge in [-0.3, -0.25) is 28.9 Å². The number of imide groups is 1. The highest BCUT2D eigenvalue weighted by Crippen LogP contribution is 2.40. The third-order valence-electron chi connectivity index (χ3n) is 8.14. The summed E-state index contributed by atoms with van der Waals surface area (Å²) in [5.74, 6) is -3.55. The first-order valence-electron chi connectivity index (χ1n) is 15.6. The number of ether oxygens (including phenoxy) is 1. The lowest BCUT2D eigenvalue weighted by atomic mass is 10.0. The molecule has 5 amide bonds. The van der Waals surface area contributed by atoms with E-state index in [4.69, 9.17) is 16.2 Å². The van der Waals surface area contributed by atoms with E-state index in [0.717, 1.165) is 9.80 Å². The second-order valence-corrected chi connectivity index (χ2v) is 12.8. The van der Waals surface area contributed by atoms with Crippen molar-refractivity contribution in [3.05, 3.63) is 99.5 Å². The highest BCUT2D eigenvalue weighted by Gasteiger charge is 2.54. The monoisotopic (exact) mass is 717 g/mol. The molecule has 2 aromatic carbocycles. The average molecular weight is 718 g/mol. The van der Waals surface area contributed by atoms with E-state index in [1.54, 1.807) is 60.7 Å². The number of hydrogen-bond donors (Lipinski definition) is 6. The molecule has 16 nitrogen and oxygen atoms in total. The van der Waals surface area contributed by atoms with Crippen molar-refractivity contribution in [1.82, 2.24) is 20.5 Å². The first-order chi connectivity index (χ1) is 24.3. The summed E-state index contributed by atoms with van der Waals surface area (Å²) in [4.78, 5) is 92.3. The lowest BCUT2D eigenvalue weighted by Crippen LogP contribution is -2.71. The van der Waals surface area contributed by atoms with Crippen molar-refractivity contribution >= 4 is 53.1 Å². The van der Waals surface area contributed by atoms with Gasteiger partial charge in [-0.05, 0) is 42.3 Å². The Morgan fingerprint density at radius 3 is 2.33 bits per heavy atom. The number of H-pyrrole nitrogens is 1. The number of aromatic amines is 1. The van der Waals surface area contributed by atoms with Gasteiger partial charge in [0.15, 0.2) is 0 Å². The number of carboxylic acid groups (broad SMARTS) is 1. The predicted molar refractivity (Wildman–Crippen MR) is 186 cm³/mol. The van der Waals surface area contributed by atoms with E-state index in [-0.39, 0.29) is 29.1 Å². The topological polar surface area (TPSA) is 247 Å². The minimum atomic E-state index is -1.39. The smallest absolute Gasteiger partial charge is 0.407 e. The Morgan fingerprint density at radius 1 is 1.04 bits per heavy atom. The number of hydrogen-bond acceptors (Lipinski definition) is 11. The molecule has 3 aromatic rings. The molecule has 1 saturated heterocycles. The zero-order valence-electron chi connectivity index (χ0n) is 27.5. The summed E-state index contributed by atoms with van der Waals surface area (Å²) < 4.78 is 5.23. The molecule has 0 saturated carbocycles. The number of aliphatic carboxylic acids is 1. The zero-order chi connectivity index (χ0) is 37.0. The number of nitrogens with one attached hydrogen (secondary N) is 3. The first-order valence-corrected chi connectivity index (χ1v) is 16.7. The molecule has 266 valence electrons. The number of anilines is 1. The number of carbonyl (C=O) groups excluding carboxylic acids is 5. The van der Waals surface area contributed by atoms with Crippen molar-refractivity contribution in [1.29, 1.82) is 0 Å². The Hall–Kier alpha value is -5.78. The number of carboxylic acids is 1. The van der Waals surface area contributed by atoms with Crippen LogP contribution in [-0.4, -0.2) is 80.5 Å². The third-order valence-corrected chi connectivity index (χ3v) is 9.48. The van der Waals surface area contributed by atoms with Crippen molar-refractivity contribution in [3.8, 4) is 11.3 Å². The maximum atomic E-state index is 13.0. The van der Waals surface area contributed by atoms with E-state index in [2.05, 4.69) is 15.6 Å². The third kappa shape index (κ3) is 7.85. The van der Waals surface area contributed by atoms with Crippen molar-refractivity contribution in [2.45, 2.75) is 43.9 Å². The van der Waals surface area contributed by atoms with Crippen LogP contribution in [0.5, 0.6) is 0 Å². The molecule has 17 heteroatoms. The average Bonchev–Trinajstić information content (AvgIpc) is 3.11. The number of nitrogens with two attached hydrogens (primary N) is 2. The molecule has 2 unspecified atom stereocenters. The fourth-order valence-corrected chi connectivity index (χ4v) is 6.82. The summed E-state index contributed by atoms with van der Waals surface area (Å²) in [6.45, 7) is 2.08. The zero-order valence-corrected chi connectivity index (χ0v) is 28.3. The molecule has 4 atom stereocenters. The molecule has 8 N–H and O–H groups in total. The lowest BCUT2D eigenvalue weighted by molar-refractivity contribution is -0.151. The highest BCUT2D eigenvalue weighted by molar-refractivity contribution is 8.00. The van der Waals surface area contributed by atoms with Gasteiger partial charge in [0, 0.05) is 29.5 Å². The summed E-state index contributed by atoms with van der Waals surface area (Å²) in [5.41, 5.74) is 13.2. The molecule has 5 rings (SSSR count). The quantitative estimate of drug-likeness (QED) is 0.152. The van der Waals surface area contributed by atoms with Crippen molar-refractivity contribution in [3.63, 3.8) is 0 Å². The van der Waals surface area contributed by atoms with Gasteiger partial charge in [-0.1, -0.05) is 42.5 Å². The van der Waals surface area contributed by atoms with Crippen LogP contribution in [0.1, 0.15) is 31.0 Å². The van der Waals surface area contributed by atoms with E-state index in [0.29, 0.717) is 22.5 Å². The number of β-lactam (4-membered cyclic amide) rings is 1. The molecule has 0 bridgehead atoms. The van der Waals surface area contributed by atoms with E-state index < -0.39 is 71.4 Å². The molecule has 2 aliphatic heterocycles. The molecular formula is C34H35N7O9S. The molecule has 0 radical (unpaired) electrons. The van der Waals surface area contributed by atoms with Crippen LogP contribution >= 0.6 is 11.8 Å². The number of aromatic nitrogens is 1. The molecule has 1 aromatic heterocycles. The maximum absolute atomic E-state index is 13.0. The van der Waals surface area contributed by atoms with E-state index >= 15 is 0 Å². The number of thioether (sulfide) groups is 1. The van der Waals surface area contributed by atoms with Crippen LogP contribution < -0.4 is 32.6 Å². The number of amides is 5. The number of nitrogens with zero attached hydrogens (tertiary/aromatic N) is 2. The largest absolute Gasteiger partial charge is 0.477 e.